The lowest BCUT2D eigenvalue weighted by Gasteiger charge is -2.71. The summed E-state index contributed by atoms with van der Waals surface area (Å²) in [5.74, 6) is 1.44. The van der Waals surface area contributed by atoms with Gasteiger partial charge in [-0.2, -0.15) is 0 Å². The van der Waals surface area contributed by atoms with Crippen molar-refractivity contribution in [1.82, 2.24) is 0 Å². The zero-order valence-electron chi connectivity index (χ0n) is 27.3. The van der Waals surface area contributed by atoms with Crippen LogP contribution in [0.2, 0.25) is 0 Å². The molecular formula is C38H56O4. The Labute approximate surface area is 254 Å². The van der Waals surface area contributed by atoms with Crippen molar-refractivity contribution in [2.24, 2.45) is 50.2 Å². The Morgan fingerprint density at radius 2 is 1.60 bits per heavy atom. The number of ether oxygens (including phenoxy) is 1. The Bertz CT molecular complexity index is 1230. The maximum atomic E-state index is 11.1. The summed E-state index contributed by atoms with van der Waals surface area (Å²) in [5, 5.41) is 21.6. The number of hydrogen-bond acceptors (Lipinski definition) is 4. The van der Waals surface area contributed by atoms with Gasteiger partial charge in [-0.25, -0.2) is 0 Å². The minimum atomic E-state index is -0.407. The molecule has 5 aliphatic carbocycles. The number of carbonyl (C=O) groups excluding carboxylic acids is 1. The summed E-state index contributed by atoms with van der Waals surface area (Å²) >= 11 is 0. The molecule has 1 aromatic carbocycles. The van der Waals surface area contributed by atoms with Gasteiger partial charge in [0, 0.05) is 16.4 Å². The van der Waals surface area contributed by atoms with Crippen molar-refractivity contribution in [2.45, 2.75) is 125 Å². The van der Waals surface area contributed by atoms with Crippen molar-refractivity contribution in [1.29, 1.82) is 0 Å². The summed E-state index contributed by atoms with van der Waals surface area (Å²) in [4.78, 5) is 11.1. The van der Waals surface area contributed by atoms with Crippen LogP contribution in [0, 0.1) is 50.2 Å². The number of benzene rings is 1. The second kappa shape index (κ2) is 10.0. The summed E-state index contributed by atoms with van der Waals surface area (Å²) in [6, 6.07) is 7.84. The van der Waals surface area contributed by atoms with Gasteiger partial charge in [0.2, 0.25) is 0 Å². The predicted molar refractivity (Wildman–Crippen MR) is 168 cm³/mol. The first-order valence-electron chi connectivity index (χ1n) is 16.8. The van der Waals surface area contributed by atoms with Gasteiger partial charge in [-0.15, -0.1) is 0 Å². The van der Waals surface area contributed by atoms with Crippen molar-refractivity contribution >= 4 is 6.29 Å². The van der Waals surface area contributed by atoms with Crippen LogP contribution < -0.4 is 0 Å². The number of hydrogen-bond donors (Lipinski definition) is 2. The van der Waals surface area contributed by atoms with Gasteiger partial charge in [0.15, 0.2) is 0 Å². The molecule has 1 aromatic rings. The molecule has 0 bridgehead atoms. The smallest absolute Gasteiger partial charge is 0.150 e. The van der Waals surface area contributed by atoms with Crippen molar-refractivity contribution in [3.8, 4) is 0 Å². The highest BCUT2D eigenvalue weighted by atomic mass is 16.5. The van der Waals surface area contributed by atoms with E-state index < -0.39 is 11.5 Å². The number of aliphatic hydroxyl groups is 2. The summed E-state index contributed by atoms with van der Waals surface area (Å²) in [6.45, 7) is 18.0. The second-order valence-electron chi connectivity index (χ2n) is 17.3. The molecule has 4 fully saturated rings. The van der Waals surface area contributed by atoms with E-state index in [0.29, 0.717) is 29.9 Å². The Balaban J connectivity index is 1.32. The van der Waals surface area contributed by atoms with Gasteiger partial charge >= 0.3 is 0 Å². The van der Waals surface area contributed by atoms with E-state index in [2.05, 4.69) is 54.5 Å². The molecule has 5 aliphatic rings. The van der Waals surface area contributed by atoms with Gasteiger partial charge in [0.25, 0.3) is 0 Å². The largest absolute Gasteiger partial charge is 0.396 e. The van der Waals surface area contributed by atoms with Crippen LogP contribution in [0.1, 0.15) is 122 Å². The SMILES string of the molecule is CC1(C)C[C@@H](OCc2ccc(C=O)cc2)[C@]2(C)CC[C@]3(C)C(=CC[C@@H]4[C@@]5(C)CC[C@H](O)[C@](C)(CO)[C@@H]5CC[C@]43C)[C@@H]2C1. The number of fused-ring (bicyclic) bond motifs is 7. The van der Waals surface area contributed by atoms with E-state index in [1.54, 1.807) is 5.57 Å². The van der Waals surface area contributed by atoms with E-state index >= 15 is 0 Å². The number of allylic oxidation sites excluding steroid dienone is 2. The van der Waals surface area contributed by atoms with Crippen molar-refractivity contribution in [3.05, 3.63) is 47.0 Å². The first kappa shape index (κ1) is 30.5. The lowest BCUT2D eigenvalue weighted by Crippen LogP contribution is -2.66. The van der Waals surface area contributed by atoms with Crippen molar-refractivity contribution in [2.75, 3.05) is 6.61 Å². The third-order valence-electron chi connectivity index (χ3n) is 14.8. The molecule has 2 N–H and O–H groups in total. The highest BCUT2D eigenvalue weighted by Gasteiger charge is 2.69. The van der Waals surface area contributed by atoms with Crippen LogP contribution in [0.4, 0.5) is 0 Å². The zero-order chi connectivity index (χ0) is 30.3. The highest BCUT2D eigenvalue weighted by Crippen LogP contribution is 2.75. The molecule has 0 amide bonds. The van der Waals surface area contributed by atoms with Crippen LogP contribution in [0.5, 0.6) is 0 Å². The van der Waals surface area contributed by atoms with Crippen LogP contribution >= 0.6 is 0 Å². The minimum absolute atomic E-state index is 0.0777. The second-order valence-corrected chi connectivity index (χ2v) is 17.3. The van der Waals surface area contributed by atoms with Crippen LogP contribution in [-0.2, 0) is 11.3 Å². The molecule has 0 radical (unpaired) electrons. The molecule has 0 aliphatic heterocycles. The molecule has 0 unspecified atom stereocenters. The van der Waals surface area contributed by atoms with Gasteiger partial charge in [0.05, 0.1) is 25.4 Å². The average molecular weight is 577 g/mol. The Morgan fingerprint density at radius 3 is 2.26 bits per heavy atom. The van der Waals surface area contributed by atoms with Gasteiger partial charge in [-0.3, -0.25) is 4.79 Å². The van der Waals surface area contributed by atoms with Crippen molar-refractivity contribution < 1.29 is 19.7 Å². The fourth-order valence-electron chi connectivity index (χ4n) is 11.8. The molecule has 6 rings (SSSR count). The molecule has 0 heterocycles. The van der Waals surface area contributed by atoms with Crippen molar-refractivity contribution in [3.63, 3.8) is 0 Å². The number of carbonyl (C=O) groups is 1. The lowest BCUT2D eigenvalue weighted by atomic mass is 9.33. The van der Waals surface area contributed by atoms with Crippen LogP contribution in [0.15, 0.2) is 35.9 Å². The quantitative estimate of drug-likeness (QED) is 0.274. The van der Waals surface area contributed by atoms with E-state index in [1.165, 1.54) is 25.7 Å². The van der Waals surface area contributed by atoms with E-state index in [4.69, 9.17) is 4.74 Å². The Morgan fingerprint density at radius 1 is 0.881 bits per heavy atom. The Kier molecular flexibility index (Phi) is 7.28. The number of aliphatic hydroxyl groups excluding tert-OH is 2. The summed E-state index contributed by atoms with van der Waals surface area (Å²) in [6.07, 6.45) is 13.3. The highest BCUT2D eigenvalue weighted by molar-refractivity contribution is 5.74. The molecule has 4 heteroatoms. The summed E-state index contributed by atoms with van der Waals surface area (Å²) in [5.41, 5.74) is 3.97. The maximum absolute atomic E-state index is 11.1. The van der Waals surface area contributed by atoms with Crippen LogP contribution in [0.3, 0.4) is 0 Å². The molecule has 232 valence electrons. The first-order chi connectivity index (χ1) is 19.7. The molecule has 0 saturated heterocycles. The van der Waals surface area contributed by atoms with E-state index in [1.807, 2.05) is 24.3 Å². The number of rotatable bonds is 5. The van der Waals surface area contributed by atoms with E-state index in [-0.39, 0.29) is 39.8 Å². The monoisotopic (exact) mass is 576 g/mol. The Hall–Kier alpha value is -1.49. The van der Waals surface area contributed by atoms with Crippen LogP contribution in [-0.4, -0.2) is 35.3 Å². The maximum Gasteiger partial charge on any atom is 0.150 e. The molecule has 10 atom stereocenters. The third kappa shape index (κ3) is 4.21. The zero-order valence-corrected chi connectivity index (χ0v) is 27.3. The molecule has 0 spiro atoms. The number of aldehydes is 1. The topological polar surface area (TPSA) is 66.8 Å². The minimum Gasteiger partial charge on any atom is -0.396 e. The third-order valence-corrected chi connectivity index (χ3v) is 14.8. The lowest BCUT2D eigenvalue weighted by molar-refractivity contribution is -0.220. The van der Waals surface area contributed by atoms with Gasteiger partial charge in [-0.05, 0) is 103 Å². The fraction of sp³-hybridized carbons (Fsp3) is 0.763. The fourth-order valence-corrected chi connectivity index (χ4v) is 11.8. The van der Waals surface area contributed by atoms with Gasteiger partial charge < -0.3 is 14.9 Å². The van der Waals surface area contributed by atoms with E-state index in [9.17, 15) is 15.0 Å². The average Bonchev–Trinajstić information content (AvgIpc) is 2.95. The van der Waals surface area contributed by atoms with Crippen LogP contribution in [0.25, 0.3) is 0 Å². The first-order valence-corrected chi connectivity index (χ1v) is 16.8. The predicted octanol–water partition coefficient (Wildman–Crippen LogP) is 8.15. The standard InChI is InChI=1S/C38H56O4/c1-33(2)20-28-27-12-13-30-35(4)16-15-31(41)36(5,24-40)29(35)14-17-38(30,7)37(27,6)19-18-34(28,3)32(21-33)42-23-26-10-8-25(22-39)9-11-26/h8-12,22,28-32,40-41H,13-21,23-24H2,1-7H3/t28-,29+,30+,31-,32+,34+,35-,36+,37+,38+/m0/s1. The normalized spacial score (nSPS) is 47.7. The molecule has 42 heavy (non-hydrogen) atoms. The van der Waals surface area contributed by atoms with E-state index in [0.717, 1.165) is 44.0 Å². The molecule has 4 nitrogen and oxygen atoms in total. The summed E-state index contributed by atoms with van der Waals surface area (Å²) in [7, 11) is 0. The van der Waals surface area contributed by atoms with Gasteiger partial charge in [0.1, 0.15) is 6.29 Å². The molecular weight excluding hydrogens is 520 g/mol. The molecule has 0 aromatic heterocycles. The summed E-state index contributed by atoms with van der Waals surface area (Å²) < 4.78 is 6.86. The molecule has 4 saturated carbocycles. The van der Waals surface area contributed by atoms with Gasteiger partial charge in [-0.1, -0.05) is 84.4 Å².